The van der Waals surface area contributed by atoms with Gasteiger partial charge in [0.25, 0.3) is 0 Å². The molecule has 0 saturated carbocycles. The van der Waals surface area contributed by atoms with Crippen molar-refractivity contribution in [3.8, 4) is 11.5 Å². The molecule has 1 heterocycles. The van der Waals surface area contributed by atoms with Gasteiger partial charge >= 0.3 is 5.97 Å². The molecule has 0 bridgehead atoms. The first-order valence-electron chi connectivity index (χ1n) is 8.82. The normalized spacial score (nSPS) is 10.3. The molecule has 2 rings (SSSR count). The monoisotopic (exact) mass is 392 g/mol. The Morgan fingerprint density at radius 3 is 2.70 bits per heavy atom. The summed E-state index contributed by atoms with van der Waals surface area (Å²) in [6, 6.07) is 4.99. The average Bonchev–Trinajstić information content (AvgIpc) is 3.08. The van der Waals surface area contributed by atoms with Crippen LogP contribution in [-0.2, 0) is 16.1 Å². The summed E-state index contributed by atoms with van der Waals surface area (Å²) in [5, 5.41) is 4.79. The Kier molecular flexibility index (Phi) is 8.06. The molecule has 0 aliphatic heterocycles. The number of nitrogens with zero attached hydrogens (tertiary/aromatic N) is 1. The summed E-state index contributed by atoms with van der Waals surface area (Å²) in [6.07, 6.45) is 1.98. The van der Waals surface area contributed by atoms with Crippen LogP contribution in [0.4, 0.5) is 5.13 Å². The highest BCUT2D eigenvalue weighted by atomic mass is 32.1. The molecular formula is C19H24N2O5S. The second-order valence-corrected chi connectivity index (χ2v) is 6.56. The minimum absolute atomic E-state index is 0.0215. The predicted molar refractivity (Wildman–Crippen MR) is 104 cm³/mol. The van der Waals surface area contributed by atoms with Gasteiger partial charge in [0, 0.05) is 12.3 Å². The van der Waals surface area contributed by atoms with E-state index in [2.05, 4.69) is 17.2 Å². The third kappa shape index (κ3) is 6.56. The number of carbonyl (C=O) groups is 2. The summed E-state index contributed by atoms with van der Waals surface area (Å²) in [5.41, 5.74) is 0.945. The molecule has 146 valence electrons. The Morgan fingerprint density at radius 2 is 2.00 bits per heavy atom. The number of benzene rings is 1. The van der Waals surface area contributed by atoms with E-state index in [1.807, 2.05) is 6.92 Å². The van der Waals surface area contributed by atoms with Crippen LogP contribution < -0.4 is 14.8 Å². The Hall–Kier alpha value is -2.61. The van der Waals surface area contributed by atoms with Gasteiger partial charge in [-0.15, -0.1) is 11.3 Å². The molecular weight excluding hydrogens is 368 g/mol. The Morgan fingerprint density at radius 1 is 1.19 bits per heavy atom. The van der Waals surface area contributed by atoms with E-state index in [0.29, 0.717) is 41.1 Å². The highest BCUT2D eigenvalue weighted by Crippen LogP contribution is 2.29. The molecule has 0 radical (unpaired) electrons. The minimum Gasteiger partial charge on any atom is -0.490 e. The van der Waals surface area contributed by atoms with E-state index in [0.717, 1.165) is 12.8 Å². The highest BCUT2D eigenvalue weighted by molar-refractivity contribution is 7.13. The summed E-state index contributed by atoms with van der Waals surface area (Å²) in [7, 11) is 0. The molecule has 0 fully saturated rings. The van der Waals surface area contributed by atoms with E-state index in [-0.39, 0.29) is 12.5 Å². The van der Waals surface area contributed by atoms with Crippen molar-refractivity contribution < 1.29 is 23.8 Å². The molecule has 0 aliphatic rings. The van der Waals surface area contributed by atoms with E-state index in [1.54, 1.807) is 23.6 Å². The average molecular weight is 392 g/mol. The molecule has 1 aromatic carbocycles. The van der Waals surface area contributed by atoms with Gasteiger partial charge in [-0.2, -0.15) is 0 Å². The van der Waals surface area contributed by atoms with Crippen LogP contribution >= 0.6 is 11.3 Å². The summed E-state index contributed by atoms with van der Waals surface area (Å²) in [4.78, 5) is 27.5. The van der Waals surface area contributed by atoms with Crippen molar-refractivity contribution in [3.05, 3.63) is 34.8 Å². The molecule has 27 heavy (non-hydrogen) atoms. The van der Waals surface area contributed by atoms with Crippen LogP contribution in [0.1, 0.15) is 49.7 Å². The van der Waals surface area contributed by atoms with Crippen LogP contribution in [0.15, 0.2) is 23.6 Å². The number of nitrogens with one attached hydrogen (secondary N) is 1. The first kappa shape index (κ1) is 20.7. The van der Waals surface area contributed by atoms with Gasteiger partial charge in [0.2, 0.25) is 5.91 Å². The maximum atomic E-state index is 12.3. The summed E-state index contributed by atoms with van der Waals surface area (Å²) in [6.45, 7) is 6.46. The van der Waals surface area contributed by atoms with Crippen LogP contribution in [0, 0.1) is 0 Å². The molecule has 1 N–H and O–H groups in total. The van der Waals surface area contributed by atoms with Gasteiger partial charge in [0.1, 0.15) is 6.61 Å². The van der Waals surface area contributed by atoms with Gasteiger partial charge in [0.05, 0.1) is 24.5 Å². The number of rotatable bonds is 10. The molecule has 1 amide bonds. The second kappa shape index (κ2) is 10.5. The van der Waals surface area contributed by atoms with Crippen molar-refractivity contribution in [1.29, 1.82) is 0 Å². The lowest BCUT2D eigenvalue weighted by Gasteiger charge is -2.13. The first-order valence-corrected chi connectivity index (χ1v) is 9.70. The lowest BCUT2D eigenvalue weighted by atomic mass is 10.2. The molecule has 0 saturated heterocycles. The molecule has 2 aromatic rings. The van der Waals surface area contributed by atoms with Gasteiger partial charge in [0.15, 0.2) is 16.6 Å². The van der Waals surface area contributed by atoms with E-state index >= 15 is 0 Å². The lowest BCUT2D eigenvalue weighted by Crippen LogP contribution is -2.08. The van der Waals surface area contributed by atoms with Crippen molar-refractivity contribution in [3.63, 3.8) is 0 Å². The van der Waals surface area contributed by atoms with Gasteiger partial charge in [-0.1, -0.05) is 13.3 Å². The fourth-order valence-electron chi connectivity index (χ4n) is 2.15. The number of carbonyl (C=O) groups excluding carboxylic acids is 2. The fraction of sp³-hybridized carbons (Fsp3) is 0.421. The molecule has 0 spiro atoms. The van der Waals surface area contributed by atoms with Gasteiger partial charge < -0.3 is 19.5 Å². The number of hydrogen-bond acceptors (Lipinski definition) is 7. The summed E-state index contributed by atoms with van der Waals surface area (Å²) < 4.78 is 16.6. The summed E-state index contributed by atoms with van der Waals surface area (Å²) >= 11 is 1.27. The van der Waals surface area contributed by atoms with E-state index in [9.17, 15) is 9.59 Å². The van der Waals surface area contributed by atoms with E-state index < -0.39 is 5.97 Å². The van der Waals surface area contributed by atoms with Gasteiger partial charge in [-0.3, -0.25) is 4.79 Å². The topological polar surface area (TPSA) is 86.8 Å². The van der Waals surface area contributed by atoms with Crippen molar-refractivity contribution in [2.45, 2.75) is 40.2 Å². The van der Waals surface area contributed by atoms with Crippen LogP contribution in [0.2, 0.25) is 0 Å². The third-order valence-electron chi connectivity index (χ3n) is 3.42. The largest absolute Gasteiger partial charge is 0.490 e. The number of anilines is 1. The standard InChI is InChI=1S/C19H24N2O5S/c1-4-6-9-25-16-8-7-14(10-17(16)24-5-2)18(23)26-11-15-12-27-19(21-15)20-13(3)22/h7-8,10,12H,4-6,9,11H2,1-3H3,(H,20,21,22). The predicted octanol–water partition coefficient (Wildman–Crippen LogP) is 4.04. The van der Waals surface area contributed by atoms with E-state index in [1.165, 1.54) is 18.3 Å². The molecule has 0 unspecified atom stereocenters. The number of unbranched alkanes of at least 4 members (excludes halogenated alkanes) is 1. The van der Waals surface area contributed by atoms with Gasteiger partial charge in [-0.25, -0.2) is 9.78 Å². The smallest absolute Gasteiger partial charge is 0.338 e. The molecule has 0 atom stereocenters. The lowest BCUT2D eigenvalue weighted by molar-refractivity contribution is -0.114. The number of hydrogen-bond donors (Lipinski definition) is 1. The zero-order valence-electron chi connectivity index (χ0n) is 15.7. The molecule has 0 aliphatic carbocycles. The zero-order valence-corrected chi connectivity index (χ0v) is 16.6. The Labute approximate surface area is 162 Å². The van der Waals surface area contributed by atoms with Crippen LogP contribution in [-0.4, -0.2) is 30.1 Å². The Balaban J connectivity index is 1.99. The van der Waals surface area contributed by atoms with E-state index in [4.69, 9.17) is 14.2 Å². The Bertz CT molecular complexity index is 775. The van der Waals surface area contributed by atoms with Crippen molar-refractivity contribution in [2.24, 2.45) is 0 Å². The zero-order chi connectivity index (χ0) is 19.6. The number of ether oxygens (including phenoxy) is 3. The van der Waals surface area contributed by atoms with Crippen LogP contribution in [0.25, 0.3) is 0 Å². The van der Waals surface area contributed by atoms with Crippen molar-refractivity contribution in [2.75, 3.05) is 18.5 Å². The maximum Gasteiger partial charge on any atom is 0.338 e. The first-order chi connectivity index (χ1) is 13.0. The maximum absolute atomic E-state index is 12.3. The summed E-state index contributed by atoms with van der Waals surface area (Å²) in [5.74, 6) is 0.452. The van der Waals surface area contributed by atoms with Crippen molar-refractivity contribution in [1.82, 2.24) is 4.98 Å². The van der Waals surface area contributed by atoms with Crippen molar-refractivity contribution >= 4 is 28.3 Å². The second-order valence-electron chi connectivity index (χ2n) is 5.70. The van der Waals surface area contributed by atoms with Crippen LogP contribution in [0.5, 0.6) is 11.5 Å². The van der Waals surface area contributed by atoms with Gasteiger partial charge in [-0.05, 0) is 31.5 Å². The SMILES string of the molecule is CCCCOc1ccc(C(=O)OCc2csc(NC(C)=O)n2)cc1OCC. The number of esters is 1. The quantitative estimate of drug-likeness (QED) is 0.485. The number of thiazole rings is 1. The highest BCUT2D eigenvalue weighted by Gasteiger charge is 2.14. The van der Waals surface area contributed by atoms with Crippen LogP contribution in [0.3, 0.4) is 0 Å². The fourth-order valence-corrected chi connectivity index (χ4v) is 2.89. The number of aromatic nitrogens is 1. The number of amides is 1. The molecule has 7 nitrogen and oxygen atoms in total. The molecule has 1 aromatic heterocycles. The molecule has 8 heteroatoms. The third-order valence-corrected chi connectivity index (χ3v) is 4.23. The minimum atomic E-state index is -0.481.